The molecule has 1 spiro atoms. The van der Waals surface area contributed by atoms with Crippen LogP contribution in [0.4, 0.5) is 0 Å². The summed E-state index contributed by atoms with van der Waals surface area (Å²) >= 11 is 0. The first-order valence-corrected chi connectivity index (χ1v) is 8.45. The Morgan fingerprint density at radius 3 is 2.00 bits per heavy atom. The Morgan fingerprint density at radius 1 is 1.12 bits per heavy atom. The standard InChI is InChI=1S/C9H16O6S.2CH5N3/c10-16(11,12)14-7-8-6-13-9(15-8)4-2-1-3-5-9;2*2-1(3)4/h8H,1-7H2,(H,10,11,12);2*(H5,2,3,4). The van der Waals surface area contributed by atoms with Gasteiger partial charge in [0.05, 0.1) is 13.2 Å². The zero-order valence-electron chi connectivity index (χ0n) is 13.2. The normalized spacial score (nSPS) is 21.8. The lowest BCUT2D eigenvalue weighted by Gasteiger charge is -2.31. The third kappa shape index (κ3) is 11.8. The number of hydrogen-bond donors (Lipinski definition) is 7. The maximum atomic E-state index is 10.4. The van der Waals surface area contributed by atoms with Crippen molar-refractivity contribution in [2.24, 2.45) is 22.9 Å². The molecule has 11 N–H and O–H groups in total. The molecule has 0 aromatic rings. The zero-order valence-corrected chi connectivity index (χ0v) is 14.0. The first kappa shape index (κ1) is 22.3. The molecule has 24 heavy (non-hydrogen) atoms. The minimum Gasteiger partial charge on any atom is -0.370 e. The van der Waals surface area contributed by atoms with Crippen LogP contribution in [0.3, 0.4) is 0 Å². The zero-order chi connectivity index (χ0) is 18.8. The summed E-state index contributed by atoms with van der Waals surface area (Å²) in [5, 5.41) is 12.1. The highest BCUT2D eigenvalue weighted by Gasteiger charge is 2.42. The van der Waals surface area contributed by atoms with Gasteiger partial charge in [0, 0.05) is 12.8 Å². The number of hydrogen-bond acceptors (Lipinski definition) is 7. The summed E-state index contributed by atoms with van der Waals surface area (Å²) in [6, 6.07) is 0. The summed E-state index contributed by atoms with van der Waals surface area (Å²) in [5.74, 6) is -1.20. The van der Waals surface area contributed by atoms with Gasteiger partial charge in [-0.15, -0.1) is 0 Å². The van der Waals surface area contributed by atoms with Gasteiger partial charge in [-0.1, -0.05) is 6.42 Å². The number of nitrogens with one attached hydrogen (secondary N) is 2. The molecule has 0 radical (unpaired) electrons. The fraction of sp³-hybridized carbons (Fsp3) is 0.818. The van der Waals surface area contributed by atoms with Crippen LogP contribution in [-0.2, 0) is 24.1 Å². The summed E-state index contributed by atoms with van der Waals surface area (Å²) in [6.45, 7) is 0.121. The van der Waals surface area contributed by atoms with Crippen LogP contribution >= 0.6 is 0 Å². The van der Waals surface area contributed by atoms with E-state index in [1.54, 1.807) is 0 Å². The number of ether oxygens (including phenoxy) is 2. The van der Waals surface area contributed by atoms with Gasteiger partial charge in [0.15, 0.2) is 17.7 Å². The molecule has 1 saturated heterocycles. The predicted molar refractivity (Wildman–Crippen MR) is 86.3 cm³/mol. The Morgan fingerprint density at radius 2 is 1.58 bits per heavy atom. The fourth-order valence-corrected chi connectivity index (χ4v) is 2.54. The van der Waals surface area contributed by atoms with E-state index >= 15 is 0 Å². The van der Waals surface area contributed by atoms with Gasteiger partial charge >= 0.3 is 10.4 Å². The van der Waals surface area contributed by atoms with E-state index in [0.717, 1.165) is 25.7 Å². The van der Waals surface area contributed by atoms with Gasteiger partial charge in [0.25, 0.3) is 0 Å². The molecule has 1 unspecified atom stereocenters. The molecule has 1 aliphatic carbocycles. The van der Waals surface area contributed by atoms with Crippen molar-refractivity contribution < 1.29 is 26.6 Å². The predicted octanol–water partition coefficient (Wildman–Crippen LogP) is -1.44. The van der Waals surface area contributed by atoms with E-state index in [1.807, 2.05) is 0 Å². The number of rotatable bonds is 3. The fourth-order valence-electron chi connectivity index (χ4n) is 2.21. The first-order chi connectivity index (χ1) is 11.0. The molecule has 0 amide bonds. The molecule has 1 heterocycles. The van der Waals surface area contributed by atoms with Gasteiger partial charge in [-0.2, -0.15) is 8.42 Å². The Balaban J connectivity index is 0.000000558. The highest BCUT2D eigenvalue weighted by Crippen LogP contribution is 2.37. The molecule has 142 valence electrons. The summed E-state index contributed by atoms with van der Waals surface area (Å²) in [6.07, 6.45) is 4.57. The lowest BCUT2D eigenvalue weighted by molar-refractivity contribution is -0.189. The largest absolute Gasteiger partial charge is 0.397 e. The molecule has 0 aromatic carbocycles. The van der Waals surface area contributed by atoms with Crippen LogP contribution in [0.2, 0.25) is 0 Å². The summed E-state index contributed by atoms with van der Waals surface area (Å²) in [5.41, 5.74) is 17.9. The van der Waals surface area contributed by atoms with E-state index < -0.39 is 22.3 Å². The Kier molecular flexibility index (Phi) is 9.53. The highest BCUT2D eigenvalue weighted by atomic mass is 32.3. The minimum absolute atomic E-state index is 0.194. The van der Waals surface area contributed by atoms with E-state index in [0.29, 0.717) is 6.61 Å². The van der Waals surface area contributed by atoms with Crippen molar-refractivity contribution >= 4 is 22.3 Å². The average molecular weight is 370 g/mol. The Labute approximate surface area is 140 Å². The van der Waals surface area contributed by atoms with E-state index in [-0.39, 0.29) is 18.5 Å². The van der Waals surface area contributed by atoms with Crippen molar-refractivity contribution in [1.29, 1.82) is 10.8 Å². The van der Waals surface area contributed by atoms with Crippen molar-refractivity contribution in [3.63, 3.8) is 0 Å². The minimum atomic E-state index is -4.39. The van der Waals surface area contributed by atoms with Gasteiger partial charge < -0.3 is 32.4 Å². The lowest BCUT2D eigenvalue weighted by atomic mass is 9.94. The van der Waals surface area contributed by atoms with E-state index in [9.17, 15) is 8.42 Å². The molecule has 12 nitrogen and oxygen atoms in total. The topological polar surface area (TPSA) is 234 Å². The molecule has 1 aliphatic heterocycles. The maximum absolute atomic E-state index is 10.4. The summed E-state index contributed by atoms with van der Waals surface area (Å²) < 4.78 is 44.7. The van der Waals surface area contributed by atoms with Gasteiger partial charge in [-0.05, 0) is 12.8 Å². The molecule has 2 aliphatic rings. The monoisotopic (exact) mass is 370 g/mol. The molecule has 13 heteroatoms. The van der Waals surface area contributed by atoms with E-state index in [4.69, 9.17) is 24.8 Å². The smallest absolute Gasteiger partial charge is 0.370 e. The first-order valence-electron chi connectivity index (χ1n) is 7.08. The molecular weight excluding hydrogens is 344 g/mol. The molecule has 1 saturated carbocycles. The van der Waals surface area contributed by atoms with Crippen molar-refractivity contribution in [3.05, 3.63) is 0 Å². The SMILES string of the molecule is N=C(N)N.N=C(N)N.O=S(=O)(O)OCC1COC2(CCCCC2)O1. The van der Waals surface area contributed by atoms with E-state index in [2.05, 4.69) is 27.1 Å². The van der Waals surface area contributed by atoms with Gasteiger partial charge in [-0.3, -0.25) is 15.4 Å². The molecule has 2 rings (SSSR count). The lowest BCUT2D eigenvalue weighted by Crippen LogP contribution is -2.34. The Bertz CT molecular complexity index is 487. The van der Waals surface area contributed by atoms with Crippen LogP contribution in [0.15, 0.2) is 0 Å². The van der Waals surface area contributed by atoms with Crippen molar-refractivity contribution in [2.75, 3.05) is 13.2 Å². The average Bonchev–Trinajstić information content (AvgIpc) is 2.78. The number of nitrogens with two attached hydrogens (primary N) is 4. The second kappa shape index (κ2) is 10.2. The van der Waals surface area contributed by atoms with E-state index in [1.165, 1.54) is 6.42 Å². The maximum Gasteiger partial charge on any atom is 0.397 e. The van der Waals surface area contributed by atoms with Crippen molar-refractivity contribution in [3.8, 4) is 0 Å². The van der Waals surface area contributed by atoms with Crippen LogP contribution in [0, 0.1) is 10.8 Å². The van der Waals surface area contributed by atoms with Crippen LogP contribution in [0.1, 0.15) is 32.1 Å². The molecule has 1 atom stereocenters. The summed E-state index contributed by atoms with van der Waals surface area (Å²) in [4.78, 5) is 0. The highest BCUT2D eigenvalue weighted by molar-refractivity contribution is 7.80. The van der Waals surface area contributed by atoms with Gasteiger partial charge in [0.2, 0.25) is 0 Å². The molecule has 0 aromatic heterocycles. The van der Waals surface area contributed by atoms with Crippen molar-refractivity contribution in [2.45, 2.75) is 44.0 Å². The van der Waals surface area contributed by atoms with Gasteiger partial charge in [0.1, 0.15) is 6.10 Å². The number of guanidine groups is 2. The third-order valence-corrected chi connectivity index (χ3v) is 3.37. The van der Waals surface area contributed by atoms with Gasteiger partial charge in [-0.25, -0.2) is 4.18 Å². The quantitative estimate of drug-likeness (QED) is 0.173. The molecule has 2 fully saturated rings. The van der Waals surface area contributed by atoms with Crippen LogP contribution < -0.4 is 22.9 Å². The molecular formula is C11H26N6O6S. The van der Waals surface area contributed by atoms with Crippen LogP contribution in [0.25, 0.3) is 0 Å². The van der Waals surface area contributed by atoms with Crippen molar-refractivity contribution in [1.82, 2.24) is 0 Å². The van der Waals surface area contributed by atoms with Crippen LogP contribution in [0.5, 0.6) is 0 Å². The second-order valence-corrected chi connectivity index (χ2v) is 6.24. The van der Waals surface area contributed by atoms with Crippen LogP contribution in [-0.4, -0.2) is 50.0 Å². The Hall–Kier alpha value is -1.67. The molecule has 0 bridgehead atoms. The third-order valence-electron chi connectivity index (χ3n) is 2.93. The summed E-state index contributed by atoms with van der Waals surface area (Å²) in [7, 11) is -4.39. The second-order valence-electron chi connectivity index (χ2n) is 5.15.